The molecule has 0 fully saturated rings. The first-order valence-corrected chi connectivity index (χ1v) is 8.57. The van der Waals surface area contributed by atoms with Crippen LogP contribution in [0.3, 0.4) is 0 Å². The maximum atomic E-state index is 12.0. The number of benzene rings is 2. The van der Waals surface area contributed by atoms with Gasteiger partial charge in [0, 0.05) is 23.4 Å². The number of anilines is 1. The third-order valence-electron chi connectivity index (χ3n) is 3.34. The predicted octanol–water partition coefficient (Wildman–Crippen LogP) is 3.68. The number of carbonyl (C=O) groups excluding carboxylic acids is 1. The van der Waals surface area contributed by atoms with E-state index in [-0.39, 0.29) is 28.5 Å². The molecular weight excluding hydrogens is 356 g/mol. The topological polar surface area (TPSA) is 111 Å². The number of hydrogen-bond donors (Lipinski definition) is 1. The highest BCUT2D eigenvalue weighted by Gasteiger charge is 2.14. The van der Waals surface area contributed by atoms with Crippen molar-refractivity contribution in [2.24, 2.45) is 0 Å². The van der Waals surface area contributed by atoms with Crippen LogP contribution in [0.1, 0.15) is 5.56 Å². The molecule has 0 bridgehead atoms. The molecule has 8 nitrogen and oxygen atoms in total. The van der Waals surface area contributed by atoms with E-state index in [2.05, 4.69) is 15.5 Å². The van der Waals surface area contributed by atoms with Gasteiger partial charge in [0.25, 0.3) is 10.9 Å². The Hall–Kier alpha value is -3.20. The van der Waals surface area contributed by atoms with E-state index in [0.717, 1.165) is 23.0 Å². The van der Waals surface area contributed by atoms with Crippen molar-refractivity contribution in [2.75, 3.05) is 11.1 Å². The maximum Gasteiger partial charge on any atom is 0.277 e. The highest BCUT2D eigenvalue weighted by Crippen LogP contribution is 2.26. The number of nitro groups is 1. The van der Waals surface area contributed by atoms with E-state index >= 15 is 0 Å². The molecule has 3 aromatic rings. The average Bonchev–Trinajstić information content (AvgIpc) is 3.09. The van der Waals surface area contributed by atoms with Gasteiger partial charge in [-0.2, -0.15) is 0 Å². The first kappa shape index (κ1) is 17.6. The molecule has 0 saturated heterocycles. The molecule has 0 aliphatic rings. The van der Waals surface area contributed by atoms with E-state index in [1.807, 2.05) is 31.2 Å². The van der Waals surface area contributed by atoms with Gasteiger partial charge in [0.05, 0.1) is 10.7 Å². The minimum atomic E-state index is -0.495. The third-order valence-corrected chi connectivity index (χ3v) is 4.16. The Morgan fingerprint density at radius 3 is 2.81 bits per heavy atom. The summed E-state index contributed by atoms with van der Waals surface area (Å²) < 4.78 is 5.46. The normalized spacial score (nSPS) is 10.5. The summed E-state index contributed by atoms with van der Waals surface area (Å²) in [6, 6.07) is 13.4. The number of nitrogens with zero attached hydrogens (tertiary/aromatic N) is 3. The Bertz CT molecular complexity index is 957. The molecule has 0 unspecified atom stereocenters. The van der Waals surface area contributed by atoms with Gasteiger partial charge in [-0.3, -0.25) is 14.9 Å². The molecule has 132 valence electrons. The summed E-state index contributed by atoms with van der Waals surface area (Å²) in [6.45, 7) is 1.94. The fraction of sp³-hybridized carbons (Fsp3) is 0.118. The van der Waals surface area contributed by atoms with Crippen LogP contribution in [-0.4, -0.2) is 26.8 Å². The van der Waals surface area contributed by atoms with Crippen molar-refractivity contribution in [1.82, 2.24) is 10.2 Å². The van der Waals surface area contributed by atoms with Gasteiger partial charge in [-0.15, -0.1) is 10.2 Å². The largest absolute Gasteiger partial charge is 0.411 e. The quantitative estimate of drug-likeness (QED) is 0.400. The van der Waals surface area contributed by atoms with Crippen molar-refractivity contribution in [1.29, 1.82) is 0 Å². The lowest BCUT2D eigenvalue weighted by atomic mass is 10.2. The van der Waals surface area contributed by atoms with E-state index in [9.17, 15) is 14.9 Å². The van der Waals surface area contributed by atoms with Crippen LogP contribution in [0.2, 0.25) is 0 Å². The molecule has 2 aromatic carbocycles. The molecule has 0 saturated carbocycles. The number of nitrogens with one attached hydrogen (secondary N) is 1. The predicted molar refractivity (Wildman–Crippen MR) is 96.9 cm³/mol. The zero-order valence-electron chi connectivity index (χ0n) is 13.7. The molecule has 0 atom stereocenters. The van der Waals surface area contributed by atoms with Crippen LogP contribution in [0.5, 0.6) is 0 Å². The number of non-ortho nitro benzene ring substituents is 1. The smallest absolute Gasteiger partial charge is 0.277 e. The lowest BCUT2D eigenvalue weighted by Gasteiger charge is -2.04. The maximum absolute atomic E-state index is 12.0. The lowest BCUT2D eigenvalue weighted by molar-refractivity contribution is -0.384. The summed E-state index contributed by atoms with van der Waals surface area (Å²) >= 11 is 1.09. The standard InChI is InChI=1S/C17H14N4O4S/c1-11-4-2-6-13(8-11)18-15(22)10-26-17-20-19-16(25-17)12-5-3-7-14(9-12)21(23)24/h2-9H,10H2,1H3,(H,18,22). The molecule has 1 heterocycles. The van der Waals surface area contributed by atoms with Gasteiger partial charge >= 0.3 is 0 Å². The summed E-state index contributed by atoms with van der Waals surface area (Å²) in [5, 5.41) is 21.6. The number of thioether (sulfide) groups is 1. The van der Waals surface area contributed by atoms with Crippen molar-refractivity contribution < 1.29 is 14.1 Å². The van der Waals surface area contributed by atoms with Crippen LogP contribution >= 0.6 is 11.8 Å². The SMILES string of the molecule is Cc1cccc(NC(=O)CSc2nnc(-c3cccc([N+](=O)[O-])c3)o2)c1. The molecule has 26 heavy (non-hydrogen) atoms. The van der Waals surface area contributed by atoms with Crippen molar-refractivity contribution in [3.8, 4) is 11.5 Å². The first-order chi connectivity index (χ1) is 12.5. The second-order valence-corrected chi connectivity index (χ2v) is 6.31. The van der Waals surface area contributed by atoms with Gasteiger partial charge in [0.2, 0.25) is 11.8 Å². The Kier molecular flexibility index (Phi) is 5.28. The molecule has 0 radical (unpaired) electrons. The minimum Gasteiger partial charge on any atom is -0.411 e. The number of aryl methyl sites for hydroxylation is 1. The van der Waals surface area contributed by atoms with Crippen LogP contribution in [0.15, 0.2) is 58.2 Å². The molecule has 0 spiro atoms. The van der Waals surface area contributed by atoms with E-state index in [1.54, 1.807) is 12.1 Å². The zero-order chi connectivity index (χ0) is 18.5. The Morgan fingerprint density at radius 2 is 2.04 bits per heavy atom. The number of hydrogen-bond acceptors (Lipinski definition) is 7. The zero-order valence-corrected chi connectivity index (χ0v) is 14.5. The number of carbonyl (C=O) groups is 1. The van der Waals surface area contributed by atoms with Gasteiger partial charge in [-0.05, 0) is 30.7 Å². The summed E-state index contributed by atoms with van der Waals surface area (Å²) in [5.41, 5.74) is 2.16. The van der Waals surface area contributed by atoms with Gasteiger partial charge in [0.1, 0.15) is 0 Å². The number of amides is 1. The molecule has 1 amide bonds. The van der Waals surface area contributed by atoms with E-state index < -0.39 is 4.92 Å². The van der Waals surface area contributed by atoms with Crippen LogP contribution in [0.4, 0.5) is 11.4 Å². The Morgan fingerprint density at radius 1 is 1.23 bits per heavy atom. The van der Waals surface area contributed by atoms with Gasteiger partial charge in [0.15, 0.2) is 0 Å². The van der Waals surface area contributed by atoms with Gasteiger partial charge in [-0.25, -0.2) is 0 Å². The summed E-state index contributed by atoms with van der Waals surface area (Å²) in [5.74, 6) is 0.0656. The monoisotopic (exact) mass is 370 g/mol. The second-order valence-electron chi connectivity index (χ2n) is 5.39. The average molecular weight is 370 g/mol. The number of nitro benzene ring substituents is 1. The van der Waals surface area contributed by atoms with Crippen molar-refractivity contribution in [3.63, 3.8) is 0 Å². The van der Waals surface area contributed by atoms with Crippen LogP contribution in [0.25, 0.3) is 11.5 Å². The van der Waals surface area contributed by atoms with Crippen molar-refractivity contribution in [2.45, 2.75) is 12.1 Å². The summed E-state index contributed by atoms with van der Waals surface area (Å²) in [4.78, 5) is 22.3. The number of aromatic nitrogens is 2. The summed E-state index contributed by atoms with van der Waals surface area (Å²) in [6.07, 6.45) is 0. The molecule has 9 heteroatoms. The molecular formula is C17H14N4O4S. The van der Waals surface area contributed by atoms with Crippen molar-refractivity contribution in [3.05, 3.63) is 64.2 Å². The van der Waals surface area contributed by atoms with Crippen LogP contribution in [0, 0.1) is 17.0 Å². The highest BCUT2D eigenvalue weighted by atomic mass is 32.2. The molecule has 1 aromatic heterocycles. The minimum absolute atomic E-state index is 0.0626. The highest BCUT2D eigenvalue weighted by molar-refractivity contribution is 7.99. The fourth-order valence-electron chi connectivity index (χ4n) is 2.18. The fourth-order valence-corrected chi connectivity index (χ4v) is 2.75. The second kappa shape index (κ2) is 7.79. The van der Waals surface area contributed by atoms with Gasteiger partial charge in [-0.1, -0.05) is 30.0 Å². The third kappa shape index (κ3) is 4.45. The summed E-state index contributed by atoms with van der Waals surface area (Å²) in [7, 11) is 0. The molecule has 3 rings (SSSR count). The van der Waals surface area contributed by atoms with E-state index in [1.165, 1.54) is 12.1 Å². The van der Waals surface area contributed by atoms with Crippen molar-refractivity contribution >= 4 is 29.0 Å². The number of rotatable bonds is 6. The van der Waals surface area contributed by atoms with E-state index in [4.69, 9.17) is 4.42 Å². The van der Waals surface area contributed by atoms with Crippen LogP contribution in [-0.2, 0) is 4.79 Å². The Labute approximate surface area is 152 Å². The molecule has 0 aliphatic heterocycles. The molecule has 0 aliphatic carbocycles. The Balaban J connectivity index is 1.61. The lowest BCUT2D eigenvalue weighted by Crippen LogP contribution is -2.13. The molecule has 1 N–H and O–H groups in total. The first-order valence-electron chi connectivity index (χ1n) is 7.59. The van der Waals surface area contributed by atoms with Gasteiger partial charge < -0.3 is 9.73 Å². The van der Waals surface area contributed by atoms with Crippen LogP contribution < -0.4 is 5.32 Å². The van der Waals surface area contributed by atoms with E-state index in [0.29, 0.717) is 5.56 Å².